The molecule has 0 saturated carbocycles. The zero-order chi connectivity index (χ0) is 15.5. The largest absolute Gasteiger partial charge is 0.371 e. The van der Waals surface area contributed by atoms with Crippen LogP contribution in [0.5, 0.6) is 0 Å². The van der Waals surface area contributed by atoms with Gasteiger partial charge in [-0.2, -0.15) is 0 Å². The zero-order valence-electron chi connectivity index (χ0n) is 14.2. The summed E-state index contributed by atoms with van der Waals surface area (Å²) in [7, 11) is 0. The molecule has 2 heteroatoms. The number of hydrogen-bond donors (Lipinski definition) is 1. The van der Waals surface area contributed by atoms with Gasteiger partial charge in [0.15, 0.2) is 0 Å². The van der Waals surface area contributed by atoms with Crippen LogP contribution in [0.1, 0.15) is 65.0 Å². The van der Waals surface area contributed by atoms with Gasteiger partial charge in [0.05, 0.1) is 0 Å². The summed E-state index contributed by atoms with van der Waals surface area (Å²) in [4.78, 5) is 2.57. The average Bonchev–Trinajstić information content (AvgIpc) is 2.72. The Hall–Kier alpha value is -1.02. The van der Waals surface area contributed by atoms with Gasteiger partial charge >= 0.3 is 0 Å². The number of nitrogens with zero attached hydrogens (tertiary/aromatic N) is 1. The molecular formula is C19H32N2. The SMILES string of the molecule is CC[C@@H](N)c1ccccc1N1CCCC(C(C)(C)C)CC1. The summed E-state index contributed by atoms with van der Waals surface area (Å²) in [6.07, 6.45) is 4.92. The summed E-state index contributed by atoms with van der Waals surface area (Å²) in [5, 5.41) is 0. The van der Waals surface area contributed by atoms with Crippen LogP contribution < -0.4 is 10.6 Å². The topological polar surface area (TPSA) is 29.3 Å². The highest BCUT2D eigenvalue weighted by Gasteiger charge is 2.27. The minimum atomic E-state index is 0.155. The fourth-order valence-electron chi connectivity index (χ4n) is 3.51. The Balaban J connectivity index is 2.16. The molecule has 2 nitrogen and oxygen atoms in total. The van der Waals surface area contributed by atoms with Gasteiger partial charge in [0.1, 0.15) is 0 Å². The van der Waals surface area contributed by atoms with Crippen molar-refractivity contribution in [3.8, 4) is 0 Å². The lowest BCUT2D eigenvalue weighted by Gasteiger charge is -2.30. The molecule has 0 amide bonds. The maximum absolute atomic E-state index is 6.31. The Morgan fingerprint density at radius 2 is 1.90 bits per heavy atom. The third kappa shape index (κ3) is 4.00. The molecule has 0 radical (unpaired) electrons. The molecule has 1 fully saturated rings. The third-order valence-corrected chi connectivity index (χ3v) is 5.07. The van der Waals surface area contributed by atoms with Gasteiger partial charge in [-0.05, 0) is 48.6 Å². The van der Waals surface area contributed by atoms with Gasteiger partial charge in [-0.15, -0.1) is 0 Å². The molecule has 1 unspecified atom stereocenters. The number of benzene rings is 1. The van der Waals surface area contributed by atoms with Crippen LogP contribution in [-0.4, -0.2) is 13.1 Å². The molecule has 0 aromatic heterocycles. The van der Waals surface area contributed by atoms with Crippen LogP contribution in [0.3, 0.4) is 0 Å². The molecule has 1 heterocycles. The lowest BCUT2D eigenvalue weighted by molar-refractivity contribution is 0.220. The van der Waals surface area contributed by atoms with Crippen molar-refractivity contribution in [3.63, 3.8) is 0 Å². The van der Waals surface area contributed by atoms with Crippen LogP contribution in [0.4, 0.5) is 5.69 Å². The van der Waals surface area contributed by atoms with Gasteiger partial charge in [-0.25, -0.2) is 0 Å². The second-order valence-electron chi connectivity index (χ2n) is 7.55. The van der Waals surface area contributed by atoms with E-state index in [0.717, 1.165) is 18.9 Å². The van der Waals surface area contributed by atoms with Crippen molar-refractivity contribution < 1.29 is 0 Å². The molecule has 1 saturated heterocycles. The molecule has 1 aliphatic heterocycles. The van der Waals surface area contributed by atoms with Gasteiger partial charge in [-0.1, -0.05) is 45.9 Å². The highest BCUT2D eigenvalue weighted by Crippen LogP contribution is 2.36. The summed E-state index contributed by atoms with van der Waals surface area (Å²) in [6.45, 7) is 11.6. The molecule has 0 aliphatic carbocycles. The smallest absolute Gasteiger partial charge is 0.0414 e. The normalized spacial score (nSPS) is 22.0. The molecule has 2 atom stereocenters. The van der Waals surface area contributed by atoms with E-state index < -0.39 is 0 Å². The van der Waals surface area contributed by atoms with Crippen molar-refractivity contribution in [2.45, 2.75) is 59.4 Å². The number of anilines is 1. The van der Waals surface area contributed by atoms with Gasteiger partial charge in [0.25, 0.3) is 0 Å². The Kier molecular flexibility index (Phi) is 5.32. The van der Waals surface area contributed by atoms with Crippen molar-refractivity contribution in [3.05, 3.63) is 29.8 Å². The number of nitrogens with two attached hydrogens (primary N) is 1. The first kappa shape index (κ1) is 16.4. The minimum Gasteiger partial charge on any atom is -0.371 e. The van der Waals surface area contributed by atoms with Crippen molar-refractivity contribution in [2.24, 2.45) is 17.1 Å². The van der Waals surface area contributed by atoms with Gasteiger partial charge in [-0.3, -0.25) is 0 Å². The monoisotopic (exact) mass is 288 g/mol. The summed E-state index contributed by atoms with van der Waals surface area (Å²) >= 11 is 0. The zero-order valence-corrected chi connectivity index (χ0v) is 14.2. The quantitative estimate of drug-likeness (QED) is 0.869. The Morgan fingerprint density at radius 1 is 1.19 bits per heavy atom. The van der Waals surface area contributed by atoms with E-state index in [1.54, 1.807) is 0 Å². The number of para-hydroxylation sites is 1. The van der Waals surface area contributed by atoms with Crippen LogP contribution in [0, 0.1) is 11.3 Å². The lowest BCUT2D eigenvalue weighted by Crippen LogP contribution is -2.28. The van der Waals surface area contributed by atoms with Crippen molar-refractivity contribution in [2.75, 3.05) is 18.0 Å². The standard InChI is InChI=1S/C19H32N2/c1-5-17(20)16-10-6-7-11-18(16)21-13-8-9-15(12-14-21)19(2,3)4/h6-7,10-11,15,17H,5,8-9,12-14,20H2,1-4H3/t15?,17-/m1/s1. The second-order valence-corrected chi connectivity index (χ2v) is 7.55. The fraction of sp³-hybridized carbons (Fsp3) is 0.684. The molecule has 118 valence electrons. The molecular weight excluding hydrogens is 256 g/mol. The van der Waals surface area contributed by atoms with Gasteiger partial charge in [0.2, 0.25) is 0 Å². The average molecular weight is 288 g/mol. The van der Waals surface area contributed by atoms with Gasteiger partial charge in [0, 0.05) is 24.8 Å². The van der Waals surface area contributed by atoms with Crippen LogP contribution in [0.2, 0.25) is 0 Å². The molecule has 0 bridgehead atoms. The summed E-state index contributed by atoms with van der Waals surface area (Å²) < 4.78 is 0. The highest BCUT2D eigenvalue weighted by molar-refractivity contribution is 5.55. The van der Waals surface area contributed by atoms with Crippen molar-refractivity contribution >= 4 is 5.69 Å². The summed E-state index contributed by atoms with van der Waals surface area (Å²) in [6, 6.07) is 8.87. The van der Waals surface area contributed by atoms with E-state index in [9.17, 15) is 0 Å². The Labute approximate surface area is 130 Å². The second kappa shape index (κ2) is 6.83. The van der Waals surface area contributed by atoms with E-state index in [4.69, 9.17) is 5.73 Å². The molecule has 1 aromatic rings. The van der Waals surface area contributed by atoms with E-state index in [1.165, 1.54) is 37.1 Å². The summed E-state index contributed by atoms with van der Waals surface area (Å²) in [5.74, 6) is 0.828. The number of hydrogen-bond acceptors (Lipinski definition) is 2. The van der Waals surface area contributed by atoms with Crippen LogP contribution >= 0.6 is 0 Å². The molecule has 0 spiro atoms. The lowest BCUT2D eigenvalue weighted by atomic mass is 9.77. The summed E-state index contributed by atoms with van der Waals surface area (Å²) in [5.41, 5.74) is 9.41. The third-order valence-electron chi connectivity index (χ3n) is 5.07. The van der Waals surface area contributed by atoms with E-state index in [2.05, 4.69) is 56.9 Å². The van der Waals surface area contributed by atoms with Gasteiger partial charge < -0.3 is 10.6 Å². The van der Waals surface area contributed by atoms with Crippen LogP contribution in [0.25, 0.3) is 0 Å². The molecule has 1 aliphatic rings. The number of rotatable bonds is 3. The maximum Gasteiger partial charge on any atom is 0.0414 e. The fourth-order valence-corrected chi connectivity index (χ4v) is 3.51. The first-order chi connectivity index (χ1) is 9.93. The first-order valence-corrected chi connectivity index (χ1v) is 8.53. The minimum absolute atomic E-state index is 0.155. The van der Waals surface area contributed by atoms with E-state index in [-0.39, 0.29) is 6.04 Å². The molecule has 2 N–H and O–H groups in total. The predicted molar refractivity (Wildman–Crippen MR) is 92.7 cm³/mol. The van der Waals surface area contributed by atoms with Crippen LogP contribution in [-0.2, 0) is 0 Å². The van der Waals surface area contributed by atoms with E-state index in [0.29, 0.717) is 5.41 Å². The highest BCUT2D eigenvalue weighted by atomic mass is 15.1. The Morgan fingerprint density at radius 3 is 2.57 bits per heavy atom. The van der Waals surface area contributed by atoms with Crippen molar-refractivity contribution in [1.29, 1.82) is 0 Å². The molecule has 2 rings (SSSR count). The Bertz CT molecular complexity index is 447. The first-order valence-electron chi connectivity index (χ1n) is 8.53. The molecule has 21 heavy (non-hydrogen) atoms. The van der Waals surface area contributed by atoms with Crippen LogP contribution in [0.15, 0.2) is 24.3 Å². The van der Waals surface area contributed by atoms with E-state index in [1.807, 2.05) is 0 Å². The van der Waals surface area contributed by atoms with Crippen molar-refractivity contribution in [1.82, 2.24) is 0 Å². The van der Waals surface area contributed by atoms with E-state index >= 15 is 0 Å². The maximum atomic E-state index is 6.31. The molecule has 1 aromatic carbocycles. The predicted octanol–water partition coefficient (Wildman–Crippen LogP) is 4.75.